The molecular formula is C23H20N2S. The third kappa shape index (κ3) is 2.78. The summed E-state index contributed by atoms with van der Waals surface area (Å²) in [4.78, 5) is 5.77. The van der Waals surface area contributed by atoms with Crippen LogP contribution < -0.4 is 5.32 Å². The minimum absolute atomic E-state index is 0.347. The number of benzene rings is 2. The van der Waals surface area contributed by atoms with Crippen molar-refractivity contribution in [2.24, 2.45) is 10.9 Å². The number of hydrogen-bond acceptors (Lipinski definition) is 3. The smallest absolute Gasteiger partial charge is 0.0630 e. The molecule has 3 aromatic rings. The Kier molecular flexibility index (Phi) is 3.95. The molecule has 2 aliphatic rings. The zero-order chi connectivity index (χ0) is 17.3. The molecule has 2 nitrogen and oxygen atoms in total. The summed E-state index contributed by atoms with van der Waals surface area (Å²) in [7, 11) is 0. The fourth-order valence-electron chi connectivity index (χ4n) is 4.14. The minimum atomic E-state index is 0.347. The number of rotatable bonds is 3. The number of aliphatic imine (C=N–C) groups is 1. The first kappa shape index (κ1) is 15.6. The number of thiophene rings is 1. The average Bonchev–Trinajstić information content (AvgIpc) is 3.38. The lowest BCUT2D eigenvalue weighted by Gasteiger charge is -2.37. The molecule has 1 aromatic heterocycles. The van der Waals surface area contributed by atoms with Gasteiger partial charge in [-0.25, -0.2) is 0 Å². The van der Waals surface area contributed by atoms with Crippen LogP contribution in [0.3, 0.4) is 0 Å². The van der Waals surface area contributed by atoms with E-state index in [2.05, 4.69) is 82.4 Å². The van der Waals surface area contributed by atoms with Gasteiger partial charge in [0, 0.05) is 22.7 Å². The number of hydrogen-bond donors (Lipinski definition) is 1. The van der Waals surface area contributed by atoms with Crippen LogP contribution in [0, 0.1) is 5.92 Å². The lowest BCUT2D eigenvalue weighted by Crippen LogP contribution is -2.28. The largest absolute Gasteiger partial charge is 0.378 e. The minimum Gasteiger partial charge on any atom is -0.378 e. The molecule has 0 fully saturated rings. The Bertz CT molecular complexity index is 954. The molecule has 3 heteroatoms. The van der Waals surface area contributed by atoms with Gasteiger partial charge in [-0.2, -0.15) is 0 Å². The van der Waals surface area contributed by atoms with Crippen molar-refractivity contribution in [3.63, 3.8) is 0 Å². The molecule has 0 spiro atoms. The van der Waals surface area contributed by atoms with Crippen LogP contribution >= 0.6 is 11.3 Å². The highest BCUT2D eigenvalue weighted by Crippen LogP contribution is 2.49. The topological polar surface area (TPSA) is 24.4 Å². The van der Waals surface area contributed by atoms with Crippen LogP contribution in [0.1, 0.15) is 34.4 Å². The Labute approximate surface area is 157 Å². The van der Waals surface area contributed by atoms with E-state index in [0.29, 0.717) is 17.9 Å². The zero-order valence-electron chi connectivity index (χ0n) is 14.4. The summed E-state index contributed by atoms with van der Waals surface area (Å²) in [6.07, 6.45) is 7.80. The third-order valence-corrected chi connectivity index (χ3v) is 6.22. The zero-order valence-corrected chi connectivity index (χ0v) is 15.2. The molecule has 0 amide bonds. The van der Waals surface area contributed by atoms with E-state index in [4.69, 9.17) is 0 Å². The second-order valence-electron chi connectivity index (χ2n) is 6.93. The van der Waals surface area contributed by atoms with E-state index in [1.54, 1.807) is 11.3 Å². The molecular weight excluding hydrogens is 336 g/mol. The maximum Gasteiger partial charge on any atom is 0.0630 e. The lowest BCUT2D eigenvalue weighted by atomic mass is 9.77. The predicted octanol–water partition coefficient (Wildman–Crippen LogP) is 6.33. The third-order valence-electron chi connectivity index (χ3n) is 5.41. The van der Waals surface area contributed by atoms with Gasteiger partial charge in [0.25, 0.3) is 0 Å². The first-order valence-electron chi connectivity index (χ1n) is 9.08. The monoisotopic (exact) mass is 356 g/mol. The second kappa shape index (κ2) is 6.58. The van der Waals surface area contributed by atoms with Crippen LogP contribution in [0.5, 0.6) is 0 Å². The number of fused-ring (bicyclic) bond motifs is 3. The highest BCUT2D eigenvalue weighted by molar-refractivity contribution is 7.11. The lowest BCUT2D eigenvalue weighted by molar-refractivity contribution is 0.425. The normalized spacial score (nSPS) is 23.6. The van der Waals surface area contributed by atoms with E-state index in [1.165, 1.54) is 21.7 Å². The van der Waals surface area contributed by atoms with Gasteiger partial charge in [-0.1, -0.05) is 48.6 Å². The molecule has 0 unspecified atom stereocenters. The Morgan fingerprint density at radius 1 is 1.00 bits per heavy atom. The Morgan fingerprint density at radius 2 is 1.88 bits per heavy atom. The summed E-state index contributed by atoms with van der Waals surface area (Å²) in [6, 6.07) is 21.9. The molecule has 1 aliphatic carbocycles. The van der Waals surface area contributed by atoms with Crippen molar-refractivity contribution in [2.75, 3.05) is 5.32 Å². The van der Waals surface area contributed by atoms with Crippen molar-refractivity contribution in [3.05, 3.63) is 94.2 Å². The summed E-state index contributed by atoms with van der Waals surface area (Å²) < 4.78 is 0. The molecule has 128 valence electrons. The van der Waals surface area contributed by atoms with E-state index in [-0.39, 0.29) is 0 Å². The maximum absolute atomic E-state index is 4.59. The van der Waals surface area contributed by atoms with Crippen molar-refractivity contribution in [2.45, 2.75) is 18.4 Å². The van der Waals surface area contributed by atoms with Crippen molar-refractivity contribution in [1.82, 2.24) is 0 Å². The van der Waals surface area contributed by atoms with Crippen LogP contribution in [0.4, 0.5) is 11.4 Å². The van der Waals surface area contributed by atoms with E-state index in [9.17, 15) is 0 Å². The number of nitrogens with one attached hydrogen (secondary N) is 1. The number of anilines is 1. The molecule has 1 aliphatic heterocycles. The van der Waals surface area contributed by atoms with Crippen LogP contribution in [-0.4, -0.2) is 6.21 Å². The van der Waals surface area contributed by atoms with Crippen molar-refractivity contribution in [3.8, 4) is 0 Å². The Morgan fingerprint density at radius 3 is 2.73 bits per heavy atom. The molecule has 2 heterocycles. The standard InChI is InChI=1S/C23H20N2S/c1-2-9-22-20(6-1)19-7-3-8-21(19)23(25-22)16-10-12-17(13-11-16)24-15-18-5-4-14-26-18/h1-7,9-15,19,21,23,25H,8H2/t19-,21-,23-/m1/s1. The van der Waals surface area contributed by atoms with Crippen LogP contribution in [0.15, 0.2) is 83.2 Å². The first-order chi connectivity index (χ1) is 12.9. The predicted molar refractivity (Wildman–Crippen MR) is 111 cm³/mol. The van der Waals surface area contributed by atoms with Crippen molar-refractivity contribution >= 4 is 28.9 Å². The summed E-state index contributed by atoms with van der Waals surface area (Å²) in [5, 5.41) is 5.85. The van der Waals surface area contributed by atoms with Gasteiger partial charge >= 0.3 is 0 Å². The van der Waals surface area contributed by atoms with E-state index < -0.39 is 0 Å². The number of nitrogens with zero attached hydrogens (tertiary/aromatic N) is 1. The Hall–Kier alpha value is -2.65. The molecule has 3 atom stereocenters. The average molecular weight is 356 g/mol. The summed E-state index contributed by atoms with van der Waals surface area (Å²) in [5.41, 5.74) is 5.04. The molecule has 1 N–H and O–H groups in total. The van der Waals surface area contributed by atoms with Gasteiger partial charge in [0.1, 0.15) is 0 Å². The van der Waals surface area contributed by atoms with Crippen molar-refractivity contribution < 1.29 is 0 Å². The fraction of sp³-hybridized carbons (Fsp3) is 0.174. The van der Waals surface area contributed by atoms with Gasteiger partial charge in [0.05, 0.1) is 11.7 Å². The van der Waals surface area contributed by atoms with Crippen molar-refractivity contribution in [1.29, 1.82) is 0 Å². The molecule has 0 saturated carbocycles. The number of allylic oxidation sites excluding steroid dienone is 2. The second-order valence-corrected chi connectivity index (χ2v) is 7.91. The molecule has 2 aromatic carbocycles. The molecule has 0 bridgehead atoms. The van der Waals surface area contributed by atoms with E-state index in [0.717, 1.165) is 12.1 Å². The van der Waals surface area contributed by atoms with Gasteiger partial charge in [0.15, 0.2) is 0 Å². The van der Waals surface area contributed by atoms with Gasteiger partial charge < -0.3 is 5.32 Å². The maximum atomic E-state index is 4.59. The molecule has 0 radical (unpaired) electrons. The van der Waals surface area contributed by atoms with Crippen LogP contribution in [0.2, 0.25) is 0 Å². The van der Waals surface area contributed by atoms with E-state index in [1.807, 2.05) is 12.3 Å². The molecule has 5 rings (SSSR count). The highest BCUT2D eigenvalue weighted by Gasteiger charge is 2.37. The number of para-hydroxylation sites is 1. The van der Waals surface area contributed by atoms with Gasteiger partial charge in [-0.15, -0.1) is 11.3 Å². The Balaban J connectivity index is 1.41. The fourth-order valence-corrected chi connectivity index (χ4v) is 4.73. The van der Waals surface area contributed by atoms with Gasteiger partial charge in [-0.3, -0.25) is 4.99 Å². The van der Waals surface area contributed by atoms with Crippen LogP contribution in [-0.2, 0) is 0 Å². The molecule has 26 heavy (non-hydrogen) atoms. The SMILES string of the molecule is C1=C[C@@H]2c3ccccc3N[C@H](c3ccc(N=Cc4cccs4)cc3)[C@@H]2C1. The summed E-state index contributed by atoms with van der Waals surface area (Å²) >= 11 is 1.71. The molecule has 0 saturated heterocycles. The quantitative estimate of drug-likeness (QED) is 0.431. The van der Waals surface area contributed by atoms with E-state index >= 15 is 0 Å². The first-order valence-corrected chi connectivity index (χ1v) is 9.96. The summed E-state index contributed by atoms with van der Waals surface area (Å²) in [6.45, 7) is 0. The van der Waals surface area contributed by atoms with Crippen LogP contribution in [0.25, 0.3) is 0 Å². The summed E-state index contributed by atoms with van der Waals surface area (Å²) in [5.74, 6) is 1.11. The van der Waals surface area contributed by atoms with Gasteiger partial charge in [0.2, 0.25) is 0 Å². The highest BCUT2D eigenvalue weighted by atomic mass is 32.1. The van der Waals surface area contributed by atoms with Gasteiger partial charge in [-0.05, 0) is 53.1 Å².